The Morgan fingerprint density at radius 1 is 0.933 bits per heavy atom. The zero-order chi connectivity index (χ0) is 33.0. The maximum Gasteiger partial charge on any atom is 0.322 e. The highest BCUT2D eigenvalue weighted by Gasteiger charge is 2.70. The highest BCUT2D eigenvalue weighted by atomic mass is 16.6. The molecule has 256 valence electrons. The van der Waals surface area contributed by atoms with E-state index >= 15 is 0 Å². The fourth-order valence-corrected chi connectivity index (χ4v) is 12.2. The van der Waals surface area contributed by atoms with Crippen molar-refractivity contribution >= 4 is 11.9 Å². The van der Waals surface area contributed by atoms with Gasteiger partial charge in [-0.05, 0) is 154 Å². The van der Waals surface area contributed by atoms with Crippen LogP contribution < -0.4 is 5.48 Å². The highest BCUT2D eigenvalue weighted by molar-refractivity contribution is 5.71. The van der Waals surface area contributed by atoms with Crippen molar-refractivity contribution in [3.8, 4) is 0 Å². The molecule has 0 radical (unpaired) electrons. The molecule has 0 heterocycles. The van der Waals surface area contributed by atoms with Crippen LogP contribution in [0.4, 0.5) is 0 Å². The third-order valence-electron chi connectivity index (χ3n) is 14.4. The average Bonchev–Trinajstić information content (AvgIpc) is 3.33. The molecule has 0 bridgehead atoms. The number of rotatable bonds is 9. The molecule has 0 aromatic rings. The first kappa shape index (κ1) is 34.9. The van der Waals surface area contributed by atoms with Crippen molar-refractivity contribution in [2.24, 2.45) is 57.2 Å². The van der Waals surface area contributed by atoms with Gasteiger partial charge >= 0.3 is 11.9 Å². The molecule has 5 aliphatic rings. The maximum atomic E-state index is 12.4. The smallest absolute Gasteiger partial charge is 0.322 e. The molecule has 45 heavy (non-hydrogen) atoms. The Hall–Kier alpha value is -1.40. The van der Waals surface area contributed by atoms with Gasteiger partial charge in [-0.3, -0.25) is 9.59 Å². The van der Waals surface area contributed by atoms with Gasteiger partial charge in [0.1, 0.15) is 18.2 Å². The first-order chi connectivity index (χ1) is 21.0. The van der Waals surface area contributed by atoms with Crippen LogP contribution in [-0.4, -0.2) is 36.8 Å². The Morgan fingerprint density at radius 3 is 2.33 bits per heavy atom. The molecule has 0 amide bonds. The molecule has 10 atom stereocenters. The van der Waals surface area contributed by atoms with E-state index in [9.17, 15) is 9.59 Å². The second kappa shape index (κ2) is 12.6. The maximum absolute atomic E-state index is 12.4. The van der Waals surface area contributed by atoms with Gasteiger partial charge in [-0.25, -0.2) is 0 Å². The fraction of sp³-hybridized carbons (Fsp3) is 0.897. The summed E-state index contributed by atoms with van der Waals surface area (Å²) in [6.45, 7) is 25.9. The summed E-state index contributed by atoms with van der Waals surface area (Å²) in [4.78, 5) is 30.9. The zero-order valence-electron chi connectivity index (χ0n) is 30.2. The van der Waals surface area contributed by atoms with Crippen LogP contribution in [0.5, 0.6) is 0 Å². The van der Waals surface area contributed by atoms with Crippen LogP contribution >= 0.6 is 0 Å². The Morgan fingerprint density at radius 2 is 1.67 bits per heavy atom. The second-order valence-electron chi connectivity index (χ2n) is 18.0. The van der Waals surface area contributed by atoms with Crippen molar-refractivity contribution in [2.45, 2.75) is 151 Å². The standard InChI is InChI=1S/C39H65NO5/c1-11-12-32(41)44-30-17-18-36(8)28(26(30)4)16-19-38(10)31(36)14-13-29-34-27(25(2)3)15-20-39(34,22-21-37(29,38)9)24-43-40-23-33(42)45-35(5,6)7/h25,27-31,34,40H,4,11-24H2,1-3,5-10H3/t27-,28?,29?,30-,31?,34-,36?,37+,38+,39+/m0/s1. The van der Waals surface area contributed by atoms with Crippen LogP contribution in [0, 0.1) is 57.2 Å². The Kier molecular flexibility index (Phi) is 9.75. The molecular formula is C39H65NO5. The number of hydrogen-bond donors (Lipinski definition) is 1. The summed E-state index contributed by atoms with van der Waals surface area (Å²) in [5.74, 6) is 3.46. The number of carbonyl (C=O) groups excluding carboxylic acids is 2. The van der Waals surface area contributed by atoms with E-state index in [4.69, 9.17) is 14.3 Å². The molecule has 0 aliphatic heterocycles. The number of ether oxygens (including phenoxy) is 2. The molecule has 5 aliphatic carbocycles. The van der Waals surface area contributed by atoms with Crippen LogP contribution in [0.1, 0.15) is 139 Å². The van der Waals surface area contributed by atoms with E-state index in [0.717, 1.165) is 25.7 Å². The number of nitrogens with one attached hydrogen (secondary N) is 1. The first-order valence-corrected chi connectivity index (χ1v) is 18.5. The molecule has 1 N–H and O–H groups in total. The summed E-state index contributed by atoms with van der Waals surface area (Å²) in [6.07, 6.45) is 13.2. The summed E-state index contributed by atoms with van der Waals surface area (Å²) in [6, 6.07) is 0. The molecule has 6 nitrogen and oxygen atoms in total. The largest absolute Gasteiger partial charge is 0.459 e. The van der Waals surface area contributed by atoms with Gasteiger partial charge in [-0.2, -0.15) is 5.48 Å². The summed E-state index contributed by atoms with van der Waals surface area (Å²) >= 11 is 0. The van der Waals surface area contributed by atoms with E-state index < -0.39 is 5.60 Å². The van der Waals surface area contributed by atoms with Crippen molar-refractivity contribution < 1.29 is 23.9 Å². The molecule has 6 heteroatoms. The predicted molar refractivity (Wildman–Crippen MR) is 179 cm³/mol. The predicted octanol–water partition coefficient (Wildman–Crippen LogP) is 8.83. The zero-order valence-corrected chi connectivity index (χ0v) is 30.2. The van der Waals surface area contributed by atoms with Gasteiger partial charge < -0.3 is 14.3 Å². The van der Waals surface area contributed by atoms with Gasteiger partial charge in [0.15, 0.2) is 0 Å². The van der Waals surface area contributed by atoms with E-state index in [1.165, 1.54) is 50.5 Å². The molecule has 0 spiro atoms. The molecule has 5 rings (SSSR count). The van der Waals surface area contributed by atoms with Crippen LogP contribution in [0.15, 0.2) is 12.2 Å². The monoisotopic (exact) mass is 627 g/mol. The van der Waals surface area contributed by atoms with E-state index in [0.29, 0.717) is 48.5 Å². The number of fused-ring (bicyclic) bond motifs is 7. The second-order valence-corrected chi connectivity index (χ2v) is 18.0. The van der Waals surface area contributed by atoms with Crippen LogP contribution in [-0.2, 0) is 23.9 Å². The van der Waals surface area contributed by atoms with Gasteiger partial charge in [0.25, 0.3) is 0 Å². The van der Waals surface area contributed by atoms with Crippen molar-refractivity contribution in [1.29, 1.82) is 0 Å². The molecule has 4 unspecified atom stereocenters. The van der Waals surface area contributed by atoms with E-state index in [1.54, 1.807) is 0 Å². The summed E-state index contributed by atoms with van der Waals surface area (Å²) in [5.41, 5.74) is 4.62. The number of hydrogen-bond acceptors (Lipinski definition) is 6. The van der Waals surface area contributed by atoms with Crippen LogP contribution in [0.2, 0.25) is 0 Å². The fourth-order valence-electron chi connectivity index (χ4n) is 12.2. The quantitative estimate of drug-likeness (QED) is 0.119. The number of esters is 2. The minimum Gasteiger partial charge on any atom is -0.459 e. The Balaban J connectivity index is 1.34. The van der Waals surface area contributed by atoms with Gasteiger partial charge in [-0.1, -0.05) is 48.1 Å². The van der Waals surface area contributed by atoms with Crippen molar-refractivity contribution in [2.75, 3.05) is 13.2 Å². The minimum atomic E-state index is -0.495. The molecule has 0 saturated heterocycles. The minimum absolute atomic E-state index is 0.0631. The lowest BCUT2D eigenvalue weighted by molar-refractivity contribution is -0.230. The lowest BCUT2D eigenvalue weighted by atomic mass is 9.33. The molecular weight excluding hydrogens is 562 g/mol. The van der Waals surface area contributed by atoms with E-state index in [1.807, 2.05) is 27.7 Å². The van der Waals surface area contributed by atoms with Crippen molar-refractivity contribution in [1.82, 2.24) is 5.48 Å². The Labute approximate surface area is 274 Å². The summed E-state index contributed by atoms with van der Waals surface area (Å²) in [7, 11) is 0. The summed E-state index contributed by atoms with van der Waals surface area (Å²) < 4.78 is 11.5. The Bertz CT molecular complexity index is 1130. The lowest BCUT2D eigenvalue weighted by Gasteiger charge is -2.71. The van der Waals surface area contributed by atoms with Gasteiger partial charge in [0.05, 0.1) is 6.61 Å². The molecule has 5 saturated carbocycles. The summed E-state index contributed by atoms with van der Waals surface area (Å²) in [5, 5.41) is 0. The van der Waals surface area contributed by atoms with E-state index in [2.05, 4.69) is 46.7 Å². The van der Waals surface area contributed by atoms with E-state index in [-0.39, 0.29) is 46.2 Å². The molecule has 0 aromatic heterocycles. The molecule has 0 aromatic carbocycles. The third-order valence-corrected chi connectivity index (χ3v) is 14.4. The SMILES string of the molecule is C=C1C2CC[C@]3(C)C(CCC4[C@@H]5[C@H](C(C)C)CC[C@]5(CONCC(=O)OC(C)(C)C)CC[C@]43C)C2(C)CC[C@@H]1OC(=O)CCC. The molecule has 5 fully saturated rings. The highest BCUT2D eigenvalue weighted by Crippen LogP contribution is 2.76. The van der Waals surface area contributed by atoms with Gasteiger partial charge in [-0.15, -0.1) is 0 Å². The van der Waals surface area contributed by atoms with Gasteiger partial charge in [0.2, 0.25) is 0 Å². The van der Waals surface area contributed by atoms with Crippen LogP contribution in [0.3, 0.4) is 0 Å². The topological polar surface area (TPSA) is 73.9 Å². The number of hydroxylamine groups is 1. The van der Waals surface area contributed by atoms with Crippen molar-refractivity contribution in [3.63, 3.8) is 0 Å². The third kappa shape index (κ3) is 6.07. The van der Waals surface area contributed by atoms with Crippen molar-refractivity contribution in [3.05, 3.63) is 12.2 Å². The lowest BCUT2D eigenvalue weighted by Crippen LogP contribution is -2.65. The van der Waals surface area contributed by atoms with Crippen LogP contribution in [0.25, 0.3) is 0 Å². The average molecular weight is 628 g/mol. The normalized spacial score (nSPS) is 42.8. The van der Waals surface area contributed by atoms with Gasteiger partial charge in [0, 0.05) is 6.42 Å². The number of carbonyl (C=O) groups is 2. The first-order valence-electron chi connectivity index (χ1n) is 18.5.